The minimum Gasteiger partial charge on any atom is -0.493 e. The molecular weight excluding hydrogens is 290 g/mol. The van der Waals surface area contributed by atoms with Crippen LogP contribution in [0, 0.1) is 6.92 Å². The number of hydrogen-bond donors (Lipinski definition) is 2. The number of nitrogens with two attached hydrogens (primary N) is 1. The van der Waals surface area contributed by atoms with Gasteiger partial charge in [-0.25, -0.2) is 5.43 Å². The smallest absolute Gasteiger partial charge is 0.162 e. The normalized spacial score (nSPS) is 12.9. The molecule has 1 unspecified atom stereocenters. The van der Waals surface area contributed by atoms with Gasteiger partial charge in [-0.1, -0.05) is 4.49 Å². The van der Waals surface area contributed by atoms with Crippen molar-refractivity contribution in [3.05, 3.63) is 22.5 Å². The number of nitrogens with zero attached hydrogens (tertiary/aromatic N) is 5. The summed E-state index contributed by atoms with van der Waals surface area (Å²) in [5.41, 5.74) is 4.56. The van der Waals surface area contributed by atoms with Gasteiger partial charge in [-0.05, 0) is 32.6 Å². The van der Waals surface area contributed by atoms with Crippen molar-refractivity contribution in [1.82, 2.24) is 29.7 Å². The molecule has 0 aromatic carbocycles. The Morgan fingerprint density at radius 1 is 1.52 bits per heavy atom. The van der Waals surface area contributed by atoms with Crippen molar-refractivity contribution >= 4 is 11.5 Å². The molecule has 2 heterocycles. The topological polar surface area (TPSA) is 94.1 Å². The molecule has 9 heteroatoms. The van der Waals surface area contributed by atoms with E-state index in [0.29, 0.717) is 5.75 Å². The van der Waals surface area contributed by atoms with Gasteiger partial charge in [0.05, 0.1) is 30.4 Å². The molecule has 0 bridgehead atoms. The Hall–Kier alpha value is -1.55. The van der Waals surface area contributed by atoms with Crippen molar-refractivity contribution in [2.75, 3.05) is 27.7 Å². The Bertz CT molecular complexity index is 580. The number of hydrogen-bond acceptors (Lipinski definition) is 8. The number of aryl methyl sites for hydroxylation is 1. The third kappa shape index (κ3) is 3.38. The molecule has 0 amide bonds. The largest absolute Gasteiger partial charge is 0.493 e. The standard InChI is InChI=1S/C12H21N7OS/c1-8-12(21-17-16-8)10(15-13)11-9(20-4)7-14-19(11)6-5-18(2)3/h7,10,15H,5-6,13H2,1-4H3. The van der Waals surface area contributed by atoms with E-state index in [2.05, 4.69) is 25.0 Å². The summed E-state index contributed by atoms with van der Waals surface area (Å²) in [5, 5.41) is 8.45. The van der Waals surface area contributed by atoms with E-state index in [4.69, 9.17) is 10.6 Å². The van der Waals surface area contributed by atoms with Gasteiger partial charge in [-0.15, -0.1) is 5.10 Å². The SMILES string of the molecule is COc1cnn(CCN(C)C)c1C(NN)c1snnc1C. The van der Waals surface area contributed by atoms with Crippen LogP contribution in [-0.4, -0.2) is 52.0 Å². The van der Waals surface area contributed by atoms with Gasteiger partial charge in [0, 0.05) is 6.54 Å². The summed E-state index contributed by atoms with van der Waals surface area (Å²) in [6.07, 6.45) is 1.71. The molecule has 21 heavy (non-hydrogen) atoms. The first-order chi connectivity index (χ1) is 10.1. The molecule has 0 saturated carbocycles. The van der Waals surface area contributed by atoms with Crippen LogP contribution in [0.1, 0.15) is 22.3 Å². The highest BCUT2D eigenvalue weighted by atomic mass is 32.1. The van der Waals surface area contributed by atoms with Crippen LogP contribution < -0.4 is 16.0 Å². The second-order valence-corrected chi connectivity index (χ2v) is 5.73. The van der Waals surface area contributed by atoms with E-state index in [1.165, 1.54) is 11.5 Å². The van der Waals surface area contributed by atoms with Gasteiger partial charge in [0.2, 0.25) is 0 Å². The fraction of sp³-hybridized carbons (Fsp3) is 0.583. The molecule has 2 rings (SSSR count). The van der Waals surface area contributed by atoms with Crippen LogP contribution in [0.3, 0.4) is 0 Å². The molecule has 3 N–H and O–H groups in total. The van der Waals surface area contributed by atoms with Gasteiger partial charge in [-0.3, -0.25) is 10.5 Å². The zero-order valence-electron chi connectivity index (χ0n) is 12.7. The molecule has 1 atom stereocenters. The molecule has 0 fully saturated rings. The van der Waals surface area contributed by atoms with Crippen molar-refractivity contribution in [3.63, 3.8) is 0 Å². The van der Waals surface area contributed by atoms with Gasteiger partial charge < -0.3 is 9.64 Å². The van der Waals surface area contributed by atoms with E-state index in [-0.39, 0.29) is 6.04 Å². The molecule has 0 aliphatic carbocycles. The summed E-state index contributed by atoms with van der Waals surface area (Å²) in [6, 6.07) is -0.246. The average molecular weight is 311 g/mol. The maximum Gasteiger partial charge on any atom is 0.162 e. The van der Waals surface area contributed by atoms with Gasteiger partial charge in [0.1, 0.15) is 11.7 Å². The van der Waals surface area contributed by atoms with Gasteiger partial charge in [0.25, 0.3) is 0 Å². The maximum atomic E-state index is 5.77. The van der Waals surface area contributed by atoms with Crippen LogP contribution in [0.25, 0.3) is 0 Å². The Balaban J connectivity index is 2.39. The Morgan fingerprint density at radius 3 is 2.81 bits per heavy atom. The predicted molar refractivity (Wildman–Crippen MR) is 81.1 cm³/mol. The number of aromatic nitrogens is 4. The Labute approximate surface area is 128 Å². The van der Waals surface area contributed by atoms with Crippen molar-refractivity contribution in [1.29, 1.82) is 0 Å². The zero-order chi connectivity index (χ0) is 15.4. The summed E-state index contributed by atoms with van der Waals surface area (Å²) in [4.78, 5) is 3.06. The lowest BCUT2D eigenvalue weighted by Crippen LogP contribution is -2.32. The van der Waals surface area contributed by atoms with E-state index >= 15 is 0 Å². The van der Waals surface area contributed by atoms with E-state index in [1.807, 2.05) is 25.7 Å². The van der Waals surface area contributed by atoms with Crippen molar-refractivity contribution < 1.29 is 4.74 Å². The molecular formula is C12H21N7OS. The molecule has 8 nitrogen and oxygen atoms in total. The first kappa shape index (κ1) is 15.8. The van der Waals surface area contributed by atoms with Gasteiger partial charge in [0.15, 0.2) is 5.75 Å². The van der Waals surface area contributed by atoms with E-state index in [9.17, 15) is 0 Å². The molecule has 2 aromatic rings. The lowest BCUT2D eigenvalue weighted by molar-refractivity contribution is 0.360. The number of methoxy groups -OCH3 is 1. The summed E-state index contributed by atoms with van der Waals surface area (Å²) >= 11 is 1.32. The zero-order valence-corrected chi connectivity index (χ0v) is 13.5. The fourth-order valence-electron chi connectivity index (χ4n) is 2.08. The first-order valence-electron chi connectivity index (χ1n) is 6.57. The monoisotopic (exact) mass is 311 g/mol. The summed E-state index contributed by atoms with van der Waals surface area (Å²) in [7, 11) is 5.68. The van der Waals surface area contributed by atoms with Crippen molar-refractivity contribution in [2.24, 2.45) is 5.84 Å². The van der Waals surface area contributed by atoms with Crippen molar-refractivity contribution in [3.8, 4) is 5.75 Å². The second-order valence-electron chi connectivity index (χ2n) is 4.95. The fourth-order valence-corrected chi connectivity index (χ4v) is 2.79. The highest BCUT2D eigenvalue weighted by Gasteiger charge is 2.26. The third-order valence-corrected chi connectivity index (χ3v) is 4.10. The second kappa shape index (κ2) is 6.94. The summed E-state index contributed by atoms with van der Waals surface area (Å²) in [5.74, 6) is 6.47. The minimum absolute atomic E-state index is 0.246. The molecule has 2 aromatic heterocycles. The lowest BCUT2D eigenvalue weighted by Gasteiger charge is -2.19. The molecule has 0 spiro atoms. The molecule has 116 valence electrons. The predicted octanol–water partition coefficient (Wildman–Crippen LogP) is 0.166. The minimum atomic E-state index is -0.246. The Kier molecular flexibility index (Phi) is 5.23. The summed E-state index contributed by atoms with van der Waals surface area (Å²) in [6.45, 7) is 3.53. The highest BCUT2D eigenvalue weighted by molar-refractivity contribution is 7.05. The molecule has 0 saturated heterocycles. The van der Waals surface area contributed by atoms with Crippen LogP contribution in [0.4, 0.5) is 0 Å². The van der Waals surface area contributed by atoms with E-state index in [1.54, 1.807) is 13.3 Å². The van der Waals surface area contributed by atoms with Crippen LogP contribution >= 0.6 is 11.5 Å². The number of nitrogens with one attached hydrogen (secondary N) is 1. The van der Waals surface area contributed by atoms with Crippen molar-refractivity contribution in [2.45, 2.75) is 19.5 Å². The Morgan fingerprint density at radius 2 is 2.29 bits per heavy atom. The number of likely N-dealkylation sites (N-methyl/N-ethyl adjacent to an activating group) is 1. The van der Waals surface area contributed by atoms with Crippen LogP contribution in [-0.2, 0) is 6.54 Å². The molecule has 0 radical (unpaired) electrons. The van der Waals surface area contributed by atoms with Gasteiger partial charge in [-0.2, -0.15) is 5.10 Å². The summed E-state index contributed by atoms with van der Waals surface area (Å²) < 4.78 is 11.3. The quantitative estimate of drug-likeness (QED) is 0.556. The van der Waals surface area contributed by atoms with Crippen LogP contribution in [0.5, 0.6) is 5.75 Å². The number of rotatable bonds is 7. The average Bonchev–Trinajstić information content (AvgIpc) is 3.05. The number of ether oxygens (including phenoxy) is 1. The molecule has 0 aliphatic heterocycles. The first-order valence-corrected chi connectivity index (χ1v) is 7.35. The third-order valence-electron chi connectivity index (χ3n) is 3.21. The van der Waals surface area contributed by atoms with Crippen LogP contribution in [0.15, 0.2) is 6.20 Å². The van der Waals surface area contributed by atoms with Crippen LogP contribution in [0.2, 0.25) is 0 Å². The highest BCUT2D eigenvalue weighted by Crippen LogP contribution is 2.32. The van der Waals surface area contributed by atoms with E-state index < -0.39 is 0 Å². The molecule has 0 aliphatic rings. The van der Waals surface area contributed by atoms with E-state index in [0.717, 1.165) is 29.4 Å². The number of hydrazine groups is 1. The van der Waals surface area contributed by atoms with Gasteiger partial charge >= 0.3 is 0 Å². The lowest BCUT2D eigenvalue weighted by atomic mass is 10.1. The maximum absolute atomic E-state index is 5.77.